The van der Waals surface area contributed by atoms with Gasteiger partial charge in [-0.15, -0.1) is 0 Å². The van der Waals surface area contributed by atoms with Gasteiger partial charge in [-0.1, -0.05) is 23.7 Å². The van der Waals surface area contributed by atoms with E-state index in [0.717, 1.165) is 0 Å². The van der Waals surface area contributed by atoms with E-state index in [4.69, 9.17) is 16.0 Å². The zero-order chi connectivity index (χ0) is 16.3. The fourth-order valence-corrected chi connectivity index (χ4v) is 3.52. The van der Waals surface area contributed by atoms with E-state index in [0.29, 0.717) is 17.1 Å². The molecule has 0 saturated heterocycles. The molecule has 0 fully saturated rings. The third-order valence-electron chi connectivity index (χ3n) is 3.08. The lowest BCUT2D eigenvalue weighted by atomic mass is 10.2. The van der Waals surface area contributed by atoms with Crippen molar-refractivity contribution >= 4 is 21.6 Å². The molecule has 118 valence electrons. The molecule has 0 atom stereocenters. The van der Waals surface area contributed by atoms with Crippen molar-refractivity contribution in [1.29, 1.82) is 0 Å². The van der Waals surface area contributed by atoms with E-state index in [1.807, 2.05) is 0 Å². The maximum Gasteiger partial charge on any atom is 0.242 e. The Labute approximate surface area is 138 Å². The molecule has 3 aromatic rings. The fourth-order valence-electron chi connectivity index (χ4n) is 2.02. The van der Waals surface area contributed by atoms with Crippen molar-refractivity contribution in [3.63, 3.8) is 0 Å². The molecule has 0 bridgehead atoms. The summed E-state index contributed by atoms with van der Waals surface area (Å²) in [5.74, 6) is 0.519. The molecule has 0 aliphatic rings. The maximum atomic E-state index is 12.4. The van der Waals surface area contributed by atoms with Gasteiger partial charge in [0.1, 0.15) is 10.6 Å². The van der Waals surface area contributed by atoms with E-state index in [2.05, 4.69) is 14.7 Å². The Balaban J connectivity index is 1.86. The Bertz CT molecular complexity index is 911. The summed E-state index contributed by atoms with van der Waals surface area (Å²) >= 11 is 5.94. The van der Waals surface area contributed by atoms with Crippen LogP contribution in [0.2, 0.25) is 5.02 Å². The van der Waals surface area contributed by atoms with Gasteiger partial charge in [-0.25, -0.2) is 18.1 Å². The smallest absolute Gasteiger partial charge is 0.242 e. The Morgan fingerprint density at radius 2 is 1.87 bits per heavy atom. The van der Waals surface area contributed by atoms with Gasteiger partial charge in [0, 0.05) is 12.4 Å². The number of hydrogen-bond donors (Lipinski definition) is 1. The van der Waals surface area contributed by atoms with Crippen LogP contribution in [0.25, 0.3) is 11.5 Å². The van der Waals surface area contributed by atoms with Gasteiger partial charge in [0.25, 0.3) is 0 Å². The first-order valence-electron chi connectivity index (χ1n) is 6.66. The van der Waals surface area contributed by atoms with E-state index in [1.165, 1.54) is 30.8 Å². The van der Waals surface area contributed by atoms with Gasteiger partial charge >= 0.3 is 0 Å². The number of hydrogen-bond acceptors (Lipinski definition) is 5. The average molecular weight is 350 g/mol. The van der Waals surface area contributed by atoms with Crippen molar-refractivity contribution in [3.05, 3.63) is 65.8 Å². The average Bonchev–Trinajstić information content (AvgIpc) is 3.08. The quantitative estimate of drug-likeness (QED) is 0.765. The summed E-state index contributed by atoms with van der Waals surface area (Å²) < 4.78 is 32.5. The van der Waals surface area contributed by atoms with E-state index >= 15 is 0 Å². The molecule has 0 amide bonds. The first-order valence-corrected chi connectivity index (χ1v) is 8.52. The molecule has 0 aliphatic carbocycles. The lowest BCUT2D eigenvalue weighted by molar-refractivity contribution is 0.573. The zero-order valence-corrected chi connectivity index (χ0v) is 13.4. The summed E-state index contributed by atoms with van der Waals surface area (Å²) in [6, 6.07) is 9.69. The van der Waals surface area contributed by atoms with E-state index in [9.17, 15) is 8.42 Å². The first-order chi connectivity index (χ1) is 11.1. The SMILES string of the molecule is O=S(=O)(NCc1nccnc1-c1ccco1)c1ccccc1Cl. The lowest BCUT2D eigenvalue weighted by Gasteiger charge is -2.09. The topological polar surface area (TPSA) is 85.1 Å². The highest BCUT2D eigenvalue weighted by molar-refractivity contribution is 7.89. The minimum absolute atomic E-state index is 0.0186. The monoisotopic (exact) mass is 349 g/mol. The van der Waals surface area contributed by atoms with Crippen LogP contribution in [0.3, 0.4) is 0 Å². The van der Waals surface area contributed by atoms with Crippen molar-refractivity contribution in [3.8, 4) is 11.5 Å². The minimum atomic E-state index is -3.76. The molecule has 2 heterocycles. The summed E-state index contributed by atoms with van der Waals surface area (Å²) in [7, 11) is -3.76. The van der Waals surface area contributed by atoms with Gasteiger partial charge in [-0.2, -0.15) is 0 Å². The molecule has 8 heteroatoms. The molecule has 2 aromatic heterocycles. The molecule has 23 heavy (non-hydrogen) atoms. The lowest BCUT2D eigenvalue weighted by Crippen LogP contribution is -2.24. The third-order valence-corrected chi connectivity index (χ3v) is 4.99. The Hall–Kier alpha value is -2.22. The van der Waals surface area contributed by atoms with Crippen LogP contribution in [0.15, 0.2) is 64.4 Å². The summed E-state index contributed by atoms with van der Waals surface area (Å²) in [5.41, 5.74) is 0.942. The Kier molecular flexibility index (Phi) is 4.42. The van der Waals surface area contributed by atoms with Crippen LogP contribution >= 0.6 is 11.6 Å². The maximum absolute atomic E-state index is 12.4. The van der Waals surface area contributed by atoms with Crippen LogP contribution in [-0.2, 0) is 16.6 Å². The molecule has 6 nitrogen and oxygen atoms in total. The molecule has 0 aliphatic heterocycles. The Morgan fingerprint density at radius 1 is 1.09 bits per heavy atom. The molecular formula is C15H12ClN3O3S. The number of benzene rings is 1. The molecule has 0 saturated carbocycles. The molecule has 1 N–H and O–H groups in total. The second-order valence-electron chi connectivity index (χ2n) is 4.58. The van der Waals surface area contributed by atoms with E-state index < -0.39 is 10.0 Å². The molecule has 3 rings (SSSR count). The first kappa shape index (κ1) is 15.7. The van der Waals surface area contributed by atoms with Crippen LogP contribution in [0.4, 0.5) is 0 Å². The second kappa shape index (κ2) is 6.49. The van der Waals surface area contributed by atoms with E-state index in [1.54, 1.807) is 24.3 Å². The molecular weight excluding hydrogens is 338 g/mol. The molecule has 0 radical (unpaired) electrons. The second-order valence-corrected chi connectivity index (χ2v) is 6.73. The number of halogens is 1. The van der Waals surface area contributed by atoms with Gasteiger partial charge in [-0.3, -0.25) is 4.98 Å². The van der Waals surface area contributed by atoms with Crippen LogP contribution in [-0.4, -0.2) is 18.4 Å². The standard InChI is InChI=1S/C15H12ClN3O3S/c16-11-4-1-2-6-14(11)23(20,21)19-10-12-15(18-8-7-17-12)13-5-3-9-22-13/h1-9,19H,10H2. The number of sulfonamides is 1. The van der Waals surface area contributed by atoms with Crippen LogP contribution in [0.5, 0.6) is 0 Å². The van der Waals surface area contributed by atoms with Gasteiger partial charge in [0.2, 0.25) is 10.0 Å². The van der Waals surface area contributed by atoms with Crippen LogP contribution in [0.1, 0.15) is 5.69 Å². The highest BCUT2D eigenvalue weighted by Gasteiger charge is 2.19. The van der Waals surface area contributed by atoms with Crippen molar-refractivity contribution in [2.75, 3.05) is 0 Å². The van der Waals surface area contributed by atoms with Crippen LogP contribution < -0.4 is 4.72 Å². The predicted molar refractivity (Wildman–Crippen MR) is 85.2 cm³/mol. The molecule has 0 spiro atoms. The normalized spacial score (nSPS) is 11.5. The van der Waals surface area contributed by atoms with E-state index in [-0.39, 0.29) is 16.5 Å². The highest BCUT2D eigenvalue weighted by Crippen LogP contribution is 2.22. The van der Waals surface area contributed by atoms with Crippen LogP contribution in [0, 0.1) is 0 Å². The van der Waals surface area contributed by atoms with Gasteiger partial charge in [-0.05, 0) is 24.3 Å². The number of nitrogens with zero attached hydrogens (tertiary/aromatic N) is 2. The summed E-state index contributed by atoms with van der Waals surface area (Å²) in [4.78, 5) is 8.39. The van der Waals surface area contributed by atoms with Crippen molar-refractivity contribution in [1.82, 2.24) is 14.7 Å². The number of aromatic nitrogens is 2. The minimum Gasteiger partial charge on any atom is -0.463 e. The number of furan rings is 1. The van der Waals surface area contributed by atoms with Crippen molar-refractivity contribution in [2.24, 2.45) is 0 Å². The molecule has 1 aromatic carbocycles. The number of rotatable bonds is 5. The highest BCUT2D eigenvalue weighted by atomic mass is 35.5. The third kappa shape index (κ3) is 3.42. The summed E-state index contributed by atoms with van der Waals surface area (Å²) in [6.07, 6.45) is 4.52. The van der Waals surface area contributed by atoms with Gasteiger partial charge in [0.15, 0.2) is 5.76 Å². The van der Waals surface area contributed by atoms with Crippen molar-refractivity contribution < 1.29 is 12.8 Å². The largest absolute Gasteiger partial charge is 0.463 e. The Morgan fingerprint density at radius 3 is 2.61 bits per heavy atom. The van der Waals surface area contributed by atoms with Gasteiger partial charge in [0.05, 0.1) is 23.5 Å². The predicted octanol–water partition coefficient (Wildman–Crippen LogP) is 2.87. The summed E-state index contributed by atoms with van der Waals surface area (Å²) in [5, 5.41) is 0.158. The summed E-state index contributed by atoms with van der Waals surface area (Å²) in [6.45, 7) is -0.0303. The van der Waals surface area contributed by atoms with Crippen molar-refractivity contribution in [2.45, 2.75) is 11.4 Å². The molecule has 0 unspecified atom stereocenters. The zero-order valence-electron chi connectivity index (χ0n) is 11.8. The number of nitrogens with one attached hydrogen (secondary N) is 1. The van der Waals surface area contributed by atoms with Gasteiger partial charge < -0.3 is 4.42 Å². The fraction of sp³-hybridized carbons (Fsp3) is 0.0667.